The Morgan fingerprint density at radius 1 is 1.08 bits per heavy atom. The van der Waals surface area contributed by atoms with E-state index in [1.807, 2.05) is 44.2 Å². The first-order valence-corrected chi connectivity index (χ1v) is 8.43. The van der Waals surface area contributed by atoms with Crippen molar-refractivity contribution in [2.75, 3.05) is 0 Å². The van der Waals surface area contributed by atoms with Gasteiger partial charge in [-0.2, -0.15) is 5.10 Å². The highest BCUT2D eigenvalue weighted by Crippen LogP contribution is 2.22. The lowest BCUT2D eigenvalue weighted by molar-refractivity contribution is -0.139. The molecule has 1 heterocycles. The smallest absolute Gasteiger partial charge is 0.330 e. The predicted molar refractivity (Wildman–Crippen MR) is 99.1 cm³/mol. The number of hydrogen-bond acceptors (Lipinski definition) is 3. The fourth-order valence-corrected chi connectivity index (χ4v) is 2.86. The molecule has 1 unspecified atom stereocenters. The lowest BCUT2D eigenvalue weighted by Crippen LogP contribution is -2.34. The summed E-state index contributed by atoms with van der Waals surface area (Å²) in [5.74, 6) is -1.40. The molecule has 0 fully saturated rings. The van der Waals surface area contributed by atoms with Crippen molar-refractivity contribution in [3.05, 3.63) is 65.5 Å². The van der Waals surface area contributed by atoms with Crippen LogP contribution in [0, 0.1) is 0 Å². The highest BCUT2D eigenvalue weighted by molar-refractivity contribution is 5.96. The molecule has 3 rings (SSSR count). The van der Waals surface area contributed by atoms with Crippen LogP contribution >= 0.6 is 0 Å². The Bertz CT molecular complexity index is 975. The van der Waals surface area contributed by atoms with Crippen LogP contribution in [0.3, 0.4) is 0 Å². The summed E-state index contributed by atoms with van der Waals surface area (Å²) < 4.78 is 1.48. The number of amides is 1. The van der Waals surface area contributed by atoms with Crippen molar-refractivity contribution >= 4 is 22.6 Å². The van der Waals surface area contributed by atoms with Gasteiger partial charge < -0.3 is 10.4 Å². The second kappa shape index (κ2) is 7.00. The monoisotopic (exact) mass is 351 g/mol. The van der Waals surface area contributed by atoms with E-state index in [2.05, 4.69) is 10.4 Å². The van der Waals surface area contributed by atoms with Crippen LogP contribution in [0.25, 0.3) is 10.8 Å². The van der Waals surface area contributed by atoms with Gasteiger partial charge in [-0.3, -0.25) is 9.48 Å². The Morgan fingerprint density at radius 2 is 1.77 bits per heavy atom. The van der Waals surface area contributed by atoms with Crippen molar-refractivity contribution < 1.29 is 14.7 Å². The van der Waals surface area contributed by atoms with Gasteiger partial charge in [0, 0.05) is 7.05 Å². The van der Waals surface area contributed by atoms with E-state index in [0.717, 1.165) is 16.5 Å². The molecule has 0 radical (unpaired) electrons. The minimum absolute atomic E-state index is 0.179. The molecule has 2 aromatic carbocycles. The third-order valence-electron chi connectivity index (χ3n) is 4.35. The highest BCUT2D eigenvalue weighted by atomic mass is 16.4. The zero-order chi connectivity index (χ0) is 18.8. The van der Waals surface area contributed by atoms with Crippen LogP contribution < -0.4 is 5.32 Å². The van der Waals surface area contributed by atoms with Gasteiger partial charge in [-0.1, -0.05) is 50.2 Å². The first-order chi connectivity index (χ1) is 12.4. The topological polar surface area (TPSA) is 84.2 Å². The van der Waals surface area contributed by atoms with E-state index in [1.54, 1.807) is 25.2 Å². The number of carbonyl (C=O) groups excluding carboxylic acids is 1. The first-order valence-electron chi connectivity index (χ1n) is 8.43. The Kier molecular flexibility index (Phi) is 4.75. The number of nitrogens with one attached hydrogen (secondary N) is 1. The molecule has 0 aliphatic carbocycles. The van der Waals surface area contributed by atoms with Crippen LogP contribution in [0.15, 0.2) is 48.5 Å². The van der Waals surface area contributed by atoms with Gasteiger partial charge in [0.1, 0.15) is 5.69 Å². The molecular formula is C20H21N3O3. The van der Waals surface area contributed by atoms with E-state index in [4.69, 9.17) is 0 Å². The van der Waals surface area contributed by atoms with E-state index in [1.165, 1.54) is 4.68 Å². The molecule has 0 bridgehead atoms. The summed E-state index contributed by atoms with van der Waals surface area (Å²) in [5.41, 5.74) is 1.65. The molecule has 6 nitrogen and oxygen atoms in total. The Balaban J connectivity index is 1.90. The molecule has 2 N–H and O–H groups in total. The zero-order valence-corrected chi connectivity index (χ0v) is 14.9. The van der Waals surface area contributed by atoms with E-state index in [0.29, 0.717) is 11.3 Å². The number of rotatable bonds is 5. The summed E-state index contributed by atoms with van der Waals surface area (Å²) in [4.78, 5) is 24.4. The molecule has 0 saturated heterocycles. The summed E-state index contributed by atoms with van der Waals surface area (Å²) in [6.07, 6.45) is 0. The first kappa shape index (κ1) is 17.7. The number of aryl methyl sites for hydroxylation is 1. The summed E-state index contributed by atoms with van der Waals surface area (Å²) in [5, 5.41) is 18.5. The third-order valence-corrected chi connectivity index (χ3v) is 4.35. The number of hydrogen-bond donors (Lipinski definition) is 2. The molecule has 3 aromatic rings. The SMILES string of the molecule is CC(C)c1cc(C(=O)NC(C(=O)O)c2ccc3ccccc3c2)n(C)n1. The maximum absolute atomic E-state index is 12.6. The lowest BCUT2D eigenvalue weighted by atomic mass is 10.0. The van der Waals surface area contributed by atoms with Crippen LogP contribution in [0.2, 0.25) is 0 Å². The van der Waals surface area contributed by atoms with Gasteiger partial charge in [-0.15, -0.1) is 0 Å². The number of carboxylic acids is 1. The molecule has 26 heavy (non-hydrogen) atoms. The Morgan fingerprint density at radius 3 is 2.38 bits per heavy atom. The minimum Gasteiger partial charge on any atom is -0.479 e. The number of carbonyl (C=O) groups is 2. The van der Waals surface area contributed by atoms with Gasteiger partial charge >= 0.3 is 5.97 Å². The average molecular weight is 351 g/mol. The van der Waals surface area contributed by atoms with Crippen LogP contribution in [-0.2, 0) is 11.8 Å². The highest BCUT2D eigenvalue weighted by Gasteiger charge is 2.25. The van der Waals surface area contributed by atoms with Gasteiger partial charge in [0.15, 0.2) is 6.04 Å². The molecule has 1 amide bonds. The standard InChI is InChI=1S/C20H21N3O3/c1-12(2)16-11-17(23(3)22-16)19(24)21-18(20(25)26)15-9-8-13-6-4-5-7-14(13)10-15/h4-12,18H,1-3H3,(H,21,24)(H,25,26). The number of fused-ring (bicyclic) bond motifs is 1. The summed E-state index contributed by atoms with van der Waals surface area (Å²) in [6.45, 7) is 3.97. The normalized spacial score (nSPS) is 12.3. The third kappa shape index (κ3) is 3.44. The van der Waals surface area contributed by atoms with Gasteiger partial charge in [0.05, 0.1) is 5.69 Å². The molecule has 0 aliphatic heterocycles. The molecule has 1 atom stereocenters. The van der Waals surface area contributed by atoms with Crippen molar-refractivity contribution in [2.24, 2.45) is 7.05 Å². The van der Waals surface area contributed by atoms with Crippen LogP contribution in [0.4, 0.5) is 0 Å². The average Bonchev–Trinajstić information content (AvgIpc) is 3.01. The van der Waals surface area contributed by atoms with Crippen molar-refractivity contribution in [3.8, 4) is 0 Å². The van der Waals surface area contributed by atoms with Crippen LogP contribution in [0.5, 0.6) is 0 Å². The van der Waals surface area contributed by atoms with Crippen molar-refractivity contribution in [3.63, 3.8) is 0 Å². The second-order valence-electron chi connectivity index (χ2n) is 6.58. The maximum atomic E-state index is 12.6. The van der Waals surface area contributed by atoms with Crippen molar-refractivity contribution in [1.29, 1.82) is 0 Å². The van der Waals surface area contributed by atoms with Gasteiger partial charge in [0.2, 0.25) is 0 Å². The van der Waals surface area contributed by atoms with E-state index < -0.39 is 17.9 Å². The lowest BCUT2D eigenvalue weighted by Gasteiger charge is -2.15. The van der Waals surface area contributed by atoms with Crippen molar-refractivity contribution in [1.82, 2.24) is 15.1 Å². The number of benzene rings is 2. The largest absolute Gasteiger partial charge is 0.479 e. The number of nitrogens with zero attached hydrogens (tertiary/aromatic N) is 2. The maximum Gasteiger partial charge on any atom is 0.330 e. The van der Waals surface area contributed by atoms with Crippen LogP contribution in [-0.4, -0.2) is 26.8 Å². The van der Waals surface area contributed by atoms with E-state index >= 15 is 0 Å². The minimum atomic E-state index is -1.13. The molecule has 6 heteroatoms. The molecule has 0 aliphatic rings. The van der Waals surface area contributed by atoms with Gasteiger partial charge in [-0.05, 0) is 34.4 Å². The molecule has 0 saturated carbocycles. The Hall–Kier alpha value is -3.15. The fourth-order valence-electron chi connectivity index (χ4n) is 2.86. The fraction of sp³-hybridized carbons (Fsp3) is 0.250. The molecule has 0 spiro atoms. The predicted octanol–water partition coefficient (Wildman–Crippen LogP) is 3.25. The quantitative estimate of drug-likeness (QED) is 0.739. The molecular weight excluding hydrogens is 330 g/mol. The van der Waals surface area contributed by atoms with E-state index in [-0.39, 0.29) is 5.92 Å². The summed E-state index contributed by atoms with van der Waals surface area (Å²) in [7, 11) is 1.67. The van der Waals surface area contributed by atoms with Gasteiger partial charge in [0.25, 0.3) is 5.91 Å². The summed E-state index contributed by atoms with van der Waals surface area (Å²) >= 11 is 0. The number of aromatic nitrogens is 2. The molecule has 1 aromatic heterocycles. The number of aliphatic carboxylic acids is 1. The van der Waals surface area contributed by atoms with Gasteiger partial charge in [-0.25, -0.2) is 4.79 Å². The number of carboxylic acid groups (broad SMARTS) is 1. The zero-order valence-electron chi connectivity index (χ0n) is 14.9. The molecule has 134 valence electrons. The van der Waals surface area contributed by atoms with Crippen molar-refractivity contribution in [2.45, 2.75) is 25.8 Å². The Labute approximate surface area is 151 Å². The van der Waals surface area contributed by atoms with E-state index in [9.17, 15) is 14.7 Å². The summed E-state index contributed by atoms with van der Waals surface area (Å²) in [6, 6.07) is 13.6. The second-order valence-corrected chi connectivity index (χ2v) is 6.58. The van der Waals surface area contributed by atoms with Crippen LogP contribution in [0.1, 0.15) is 47.6 Å².